The van der Waals surface area contributed by atoms with Crippen LogP contribution in [0.2, 0.25) is 0 Å². The molecule has 25 heavy (non-hydrogen) atoms. The minimum atomic E-state index is -0.172. The van der Waals surface area contributed by atoms with Crippen molar-refractivity contribution in [2.24, 2.45) is 0 Å². The fourth-order valence-corrected chi connectivity index (χ4v) is 3.11. The number of anilines is 1. The van der Waals surface area contributed by atoms with Crippen molar-refractivity contribution in [1.82, 2.24) is 4.90 Å². The van der Waals surface area contributed by atoms with E-state index in [0.717, 1.165) is 31.6 Å². The number of piperidine rings is 1. The van der Waals surface area contributed by atoms with E-state index in [1.807, 2.05) is 30.9 Å². The van der Waals surface area contributed by atoms with Crippen molar-refractivity contribution < 1.29 is 14.3 Å². The van der Waals surface area contributed by atoms with Gasteiger partial charge in [-0.2, -0.15) is 0 Å². The van der Waals surface area contributed by atoms with Gasteiger partial charge in [-0.05, 0) is 51.7 Å². The summed E-state index contributed by atoms with van der Waals surface area (Å²) in [5.74, 6) is 0.00474. The van der Waals surface area contributed by atoms with Crippen LogP contribution in [0.1, 0.15) is 44.6 Å². The molecule has 1 aliphatic rings. The molecule has 1 aromatic carbocycles. The van der Waals surface area contributed by atoms with Gasteiger partial charge in [-0.1, -0.05) is 17.7 Å². The lowest BCUT2D eigenvalue weighted by Gasteiger charge is -2.31. The van der Waals surface area contributed by atoms with Crippen LogP contribution in [0.4, 0.5) is 5.69 Å². The van der Waals surface area contributed by atoms with Gasteiger partial charge in [0.1, 0.15) is 0 Å². The van der Waals surface area contributed by atoms with E-state index in [0.29, 0.717) is 32.5 Å². The van der Waals surface area contributed by atoms with Gasteiger partial charge in [0.2, 0.25) is 5.91 Å². The van der Waals surface area contributed by atoms with Gasteiger partial charge in [0.15, 0.2) is 0 Å². The molecule has 5 heteroatoms. The third-order valence-electron chi connectivity index (χ3n) is 4.55. The Bertz CT molecular complexity index is 551. The van der Waals surface area contributed by atoms with Crippen LogP contribution in [0.3, 0.4) is 0 Å². The fraction of sp³-hybridized carbons (Fsp3) is 0.600. The molecule has 0 N–H and O–H groups in total. The second-order valence-corrected chi connectivity index (χ2v) is 6.61. The van der Waals surface area contributed by atoms with E-state index in [-0.39, 0.29) is 11.9 Å². The van der Waals surface area contributed by atoms with Crippen LogP contribution in [-0.2, 0) is 14.3 Å². The van der Waals surface area contributed by atoms with Crippen LogP contribution >= 0.6 is 0 Å². The Balaban J connectivity index is 1.97. The van der Waals surface area contributed by atoms with Gasteiger partial charge in [0.05, 0.1) is 13.2 Å². The molecule has 1 aliphatic heterocycles. The van der Waals surface area contributed by atoms with Gasteiger partial charge in [0.25, 0.3) is 0 Å². The number of carbonyl (C=O) groups excluding carboxylic acids is 2. The lowest BCUT2D eigenvalue weighted by atomic mass is 10.1. The monoisotopic (exact) mass is 346 g/mol. The average molecular weight is 346 g/mol. The van der Waals surface area contributed by atoms with Crippen LogP contribution in [0.25, 0.3) is 0 Å². The van der Waals surface area contributed by atoms with E-state index in [1.165, 1.54) is 12.0 Å². The molecule has 0 bridgehead atoms. The Kier molecular flexibility index (Phi) is 7.76. The van der Waals surface area contributed by atoms with E-state index < -0.39 is 0 Å². The summed E-state index contributed by atoms with van der Waals surface area (Å²) >= 11 is 0. The number of benzene rings is 1. The summed E-state index contributed by atoms with van der Waals surface area (Å²) in [6, 6.07) is 8.20. The lowest BCUT2D eigenvalue weighted by molar-refractivity contribution is -0.143. The number of rotatable bonds is 8. The van der Waals surface area contributed by atoms with Gasteiger partial charge < -0.3 is 14.5 Å². The summed E-state index contributed by atoms with van der Waals surface area (Å²) in [7, 11) is 0. The van der Waals surface area contributed by atoms with Crippen molar-refractivity contribution in [1.29, 1.82) is 0 Å². The molecule has 0 aliphatic carbocycles. The number of likely N-dealkylation sites (tertiary alicyclic amines) is 1. The number of amides is 1. The highest BCUT2D eigenvalue weighted by Gasteiger charge is 2.20. The first kappa shape index (κ1) is 19.3. The molecule has 0 spiro atoms. The molecule has 0 unspecified atom stereocenters. The van der Waals surface area contributed by atoms with Crippen LogP contribution in [-0.4, -0.2) is 49.6 Å². The number of carbonyl (C=O) groups is 2. The van der Waals surface area contributed by atoms with Crippen molar-refractivity contribution in [2.45, 2.75) is 46.0 Å². The molecule has 138 valence electrons. The lowest BCUT2D eigenvalue weighted by Crippen LogP contribution is -2.43. The number of hydrogen-bond acceptors (Lipinski definition) is 4. The van der Waals surface area contributed by atoms with E-state index in [2.05, 4.69) is 17.0 Å². The molecule has 2 rings (SSSR count). The van der Waals surface area contributed by atoms with Crippen molar-refractivity contribution in [2.75, 3.05) is 37.7 Å². The first-order valence-electron chi connectivity index (χ1n) is 9.35. The second-order valence-electron chi connectivity index (χ2n) is 6.61. The summed E-state index contributed by atoms with van der Waals surface area (Å²) in [5, 5.41) is 0. The molecule has 0 aromatic heterocycles. The predicted molar refractivity (Wildman–Crippen MR) is 99.7 cm³/mol. The smallest absolute Gasteiger partial charge is 0.305 e. The molecule has 1 saturated heterocycles. The predicted octanol–water partition coefficient (Wildman–Crippen LogP) is 3.16. The Morgan fingerprint density at radius 3 is 2.44 bits per heavy atom. The molecule has 1 heterocycles. The van der Waals surface area contributed by atoms with Crippen molar-refractivity contribution in [3.05, 3.63) is 29.8 Å². The summed E-state index contributed by atoms with van der Waals surface area (Å²) in [6.45, 7) is 7.04. The standard InChI is InChI=1S/C20H30N2O3/c1-3-25-20(24)8-7-15-22(18-11-9-17(2)10-12-18)16-19(23)21-13-5-4-6-14-21/h9-12H,3-8,13-16H2,1-2H3. The molecule has 1 aromatic rings. The van der Waals surface area contributed by atoms with E-state index >= 15 is 0 Å². The normalized spacial score (nSPS) is 14.2. The Hall–Kier alpha value is -2.04. The summed E-state index contributed by atoms with van der Waals surface area (Å²) in [6.07, 6.45) is 4.47. The highest BCUT2D eigenvalue weighted by atomic mass is 16.5. The average Bonchev–Trinajstić information content (AvgIpc) is 2.62. The highest BCUT2D eigenvalue weighted by molar-refractivity contribution is 5.81. The maximum absolute atomic E-state index is 12.6. The third-order valence-corrected chi connectivity index (χ3v) is 4.55. The minimum absolute atomic E-state index is 0.172. The van der Waals surface area contributed by atoms with Crippen LogP contribution < -0.4 is 4.90 Å². The largest absolute Gasteiger partial charge is 0.466 e. The maximum atomic E-state index is 12.6. The van der Waals surface area contributed by atoms with Gasteiger partial charge in [0, 0.05) is 31.7 Å². The number of hydrogen-bond donors (Lipinski definition) is 0. The number of ether oxygens (including phenoxy) is 1. The molecular weight excluding hydrogens is 316 g/mol. The van der Waals surface area contributed by atoms with Gasteiger partial charge in [-0.15, -0.1) is 0 Å². The Labute approximate surface area is 150 Å². The summed E-state index contributed by atoms with van der Waals surface area (Å²) < 4.78 is 4.99. The van der Waals surface area contributed by atoms with Crippen molar-refractivity contribution in [3.63, 3.8) is 0 Å². The van der Waals surface area contributed by atoms with E-state index in [1.54, 1.807) is 0 Å². The third kappa shape index (κ3) is 6.40. The SMILES string of the molecule is CCOC(=O)CCCN(CC(=O)N1CCCCC1)c1ccc(C)cc1. The summed E-state index contributed by atoms with van der Waals surface area (Å²) in [5.41, 5.74) is 2.22. The van der Waals surface area contributed by atoms with Crippen LogP contribution in [0, 0.1) is 6.92 Å². The van der Waals surface area contributed by atoms with Crippen molar-refractivity contribution in [3.8, 4) is 0 Å². The quantitative estimate of drug-likeness (QED) is 0.679. The first-order chi connectivity index (χ1) is 12.1. The number of nitrogens with zero attached hydrogens (tertiary/aromatic N) is 2. The van der Waals surface area contributed by atoms with Crippen LogP contribution in [0.15, 0.2) is 24.3 Å². The van der Waals surface area contributed by atoms with E-state index in [9.17, 15) is 9.59 Å². The molecule has 0 saturated carbocycles. The zero-order chi connectivity index (χ0) is 18.1. The highest BCUT2D eigenvalue weighted by Crippen LogP contribution is 2.17. The van der Waals surface area contributed by atoms with Crippen LogP contribution in [0.5, 0.6) is 0 Å². The zero-order valence-corrected chi connectivity index (χ0v) is 15.5. The van der Waals surface area contributed by atoms with Gasteiger partial charge in [-0.25, -0.2) is 0 Å². The van der Waals surface area contributed by atoms with Gasteiger partial charge >= 0.3 is 5.97 Å². The number of esters is 1. The Morgan fingerprint density at radius 1 is 1.12 bits per heavy atom. The molecular formula is C20H30N2O3. The molecule has 0 radical (unpaired) electrons. The minimum Gasteiger partial charge on any atom is -0.466 e. The zero-order valence-electron chi connectivity index (χ0n) is 15.5. The molecule has 1 amide bonds. The summed E-state index contributed by atoms with van der Waals surface area (Å²) in [4.78, 5) is 28.2. The topological polar surface area (TPSA) is 49.9 Å². The first-order valence-corrected chi connectivity index (χ1v) is 9.35. The Morgan fingerprint density at radius 2 is 1.80 bits per heavy atom. The van der Waals surface area contributed by atoms with Gasteiger partial charge in [-0.3, -0.25) is 9.59 Å². The molecule has 0 atom stereocenters. The molecule has 1 fully saturated rings. The van der Waals surface area contributed by atoms with Crippen molar-refractivity contribution >= 4 is 17.6 Å². The maximum Gasteiger partial charge on any atom is 0.305 e. The van der Waals surface area contributed by atoms with E-state index in [4.69, 9.17) is 4.74 Å². The molecule has 5 nitrogen and oxygen atoms in total. The fourth-order valence-electron chi connectivity index (χ4n) is 3.11. The number of aryl methyl sites for hydroxylation is 1. The second kappa shape index (κ2) is 10.1.